The average molecular weight is 490 g/mol. The number of nitrogens with one attached hydrogen (secondary N) is 2. The Labute approximate surface area is 190 Å². The zero-order chi connectivity index (χ0) is 24.4. The van der Waals surface area contributed by atoms with Crippen LogP contribution in [0.1, 0.15) is 15.9 Å². The van der Waals surface area contributed by atoms with Crippen LogP contribution < -0.4 is 10.0 Å². The Morgan fingerprint density at radius 1 is 0.848 bits per heavy atom. The van der Waals surface area contributed by atoms with E-state index in [1.807, 2.05) is 6.92 Å². The standard InChI is InChI=1S/C21H19N3O7S2/c1-14-3-9-19(10-4-14)33(30,31)23-17-7-5-16(6-8-17)22-21(25)15-11-18(24(26)27)13-20(12-15)32(2,28)29/h3-13,23H,1-2H3,(H,22,25). The Kier molecular flexibility index (Phi) is 6.51. The largest absolute Gasteiger partial charge is 0.322 e. The van der Waals surface area contributed by atoms with E-state index < -0.39 is 36.4 Å². The molecule has 33 heavy (non-hydrogen) atoms. The summed E-state index contributed by atoms with van der Waals surface area (Å²) in [6, 6.07) is 14.9. The van der Waals surface area contributed by atoms with Gasteiger partial charge in [0.1, 0.15) is 0 Å². The number of nitrogens with zero attached hydrogens (tertiary/aromatic N) is 1. The van der Waals surface area contributed by atoms with Crippen molar-refractivity contribution in [1.82, 2.24) is 0 Å². The van der Waals surface area contributed by atoms with Gasteiger partial charge >= 0.3 is 0 Å². The van der Waals surface area contributed by atoms with Crippen molar-refractivity contribution in [3.8, 4) is 0 Å². The summed E-state index contributed by atoms with van der Waals surface area (Å²) in [6.07, 6.45) is 0.879. The number of carbonyl (C=O) groups is 1. The molecule has 172 valence electrons. The molecule has 0 unspecified atom stereocenters. The monoisotopic (exact) mass is 489 g/mol. The van der Waals surface area contributed by atoms with Crippen molar-refractivity contribution in [3.05, 3.63) is 88.0 Å². The van der Waals surface area contributed by atoms with Crippen molar-refractivity contribution < 1.29 is 26.6 Å². The van der Waals surface area contributed by atoms with Crippen molar-refractivity contribution in [2.24, 2.45) is 0 Å². The first-order valence-electron chi connectivity index (χ1n) is 9.35. The first-order chi connectivity index (χ1) is 15.3. The van der Waals surface area contributed by atoms with Gasteiger partial charge in [0.2, 0.25) is 0 Å². The van der Waals surface area contributed by atoms with Gasteiger partial charge in [-0.15, -0.1) is 0 Å². The highest BCUT2D eigenvalue weighted by molar-refractivity contribution is 7.92. The van der Waals surface area contributed by atoms with E-state index in [4.69, 9.17) is 0 Å². The van der Waals surface area contributed by atoms with Gasteiger partial charge in [-0.1, -0.05) is 17.7 Å². The molecule has 0 fully saturated rings. The highest BCUT2D eigenvalue weighted by Crippen LogP contribution is 2.23. The fourth-order valence-corrected chi connectivity index (χ4v) is 4.52. The average Bonchev–Trinajstić information content (AvgIpc) is 2.74. The summed E-state index contributed by atoms with van der Waals surface area (Å²) in [4.78, 5) is 22.6. The molecule has 0 atom stereocenters. The van der Waals surface area contributed by atoms with Crippen LogP contribution in [0.4, 0.5) is 17.1 Å². The second kappa shape index (κ2) is 9.00. The highest BCUT2D eigenvalue weighted by atomic mass is 32.2. The van der Waals surface area contributed by atoms with Gasteiger partial charge in [0.25, 0.3) is 21.6 Å². The van der Waals surface area contributed by atoms with E-state index in [1.165, 1.54) is 36.4 Å². The third kappa shape index (κ3) is 5.93. The van der Waals surface area contributed by atoms with E-state index in [1.54, 1.807) is 12.1 Å². The van der Waals surface area contributed by atoms with Crippen LogP contribution in [0, 0.1) is 17.0 Å². The number of hydrogen-bond donors (Lipinski definition) is 2. The molecule has 2 N–H and O–H groups in total. The molecule has 0 bridgehead atoms. The number of carbonyl (C=O) groups excluding carboxylic acids is 1. The van der Waals surface area contributed by atoms with Gasteiger partial charge < -0.3 is 5.32 Å². The molecule has 0 heterocycles. The minimum absolute atomic E-state index is 0.0952. The van der Waals surface area contributed by atoms with Crippen molar-refractivity contribution in [2.75, 3.05) is 16.3 Å². The first-order valence-corrected chi connectivity index (χ1v) is 12.7. The number of anilines is 2. The molecule has 0 aromatic heterocycles. The first kappa shape index (κ1) is 23.9. The molecule has 0 saturated carbocycles. The third-order valence-electron chi connectivity index (χ3n) is 4.52. The van der Waals surface area contributed by atoms with Gasteiger partial charge in [-0.2, -0.15) is 0 Å². The summed E-state index contributed by atoms with van der Waals surface area (Å²) in [5.41, 5.74) is 0.688. The Morgan fingerprint density at radius 2 is 1.42 bits per heavy atom. The van der Waals surface area contributed by atoms with Crippen molar-refractivity contribution >= 4 is 42.8 Å². The van der Waals surface area contributed by atoms with Crippen LogP contribution >= 0.6 is 0 Å². The topological polar surface area (TPSA) is 153 Å². The van der Waals surface area contributed by atoms with E-state index in [9.17, 15) is 31.7 Å². The summed E-state index contributed by atoms with van der Waals surface area (Å²) >= 11 is 0. The van der Waals surface area contributed by atoms with E-state index >= 15 is 0 Å². The highest BCUT2D eigenvalue weighted by Gasteiger charge is 2.19. The molecule has 3 rings (SSSR count). The van der Waals surface area contributed by atoms with Crippen molar-refractivity contribution in [2.45, 2.75) is 16.7 Å². The number of nitro groups is 1. The summed E-state index contributed by atoms with van der Waals surface area (Å²) < 4.78 is 51.0. The maximum atomic E-state index is 12.6. The zero-order valence-corrected chi connectivity index (χ0v) is 19.1. The number of hydrogen-bond acceptors (Lipinski definition) is 7. The predicted molar refractivity (Wildman–Crippen MR) is 123 cm³/mol. The molecule has 10 nitrogen and oxygen atoms in total. The maximum Gasteiger partial charge on any atom is 0.271 e. The molecule has 0 aliphatic heterocycles. The fraction of sp³-hybridized carbons (Fsp3) is 0.0952. The lowest BCUT2D eigenvalue weighted by Gasteiger charge is -2.10. The number of sulfone groups is 1. The Hall–Kier alpha value is -3.77. The SMILES string of the molecule is Cc1ccc(S(=O)(=O)Nc2ccc(NC(=O)c3cc([N+](=O)[O-])cc(S(C)(=O)=O)c3)cc2)cc1. The van der Waals surface area contributed by atoms with Crippen LogP contribution in [-0.4, -0.2) is 33.9 Å². The molecular weight excluding hydrogens is 470 g/mol. The van der Waals surface area contributed by atoms with Crippen molar-refractivity contribution in [1.29, 1.82) is 0 Å². The van der Waals surface area contributed by atoms with Gasteiger partial charge in [-0.05, 0) is 49.4 Å². The maximum absolute atomic E-state index is 12.6. The smallest absolute Gasteiger partial charge is 0.271 e. The molecule has 12 heteroatoms. The molecular formula is C21H19N3O7S2. The van der Waals surface area contributed by atoms with E-state index in [0.29, 0.717) is 0 Å². The van der Waals surface area contributed by atoms with Gasteiger partial charge in [0.15, 0.2) is 9.84 Å². The van der Waals surface area contributed by atoms with E-state index in [-0.39, 0.29) is 26.7 Å². The second-order valence-corrected chi connectivity index (χ2v) is 10.9. The molecule has 0 spiro atoms. The number of nitro benzene ring substituents is 1. The number of sulfonamides is 1. The lowest BCUT2D eigenvalue weighted by atomic mass is 10.2. The zero-order valence-electron chi connectivity index (χ0n) is 17.5. The number of rotatable bonds is 7. The summed E-state index contributed by atoms with van der Waals surface area (Å²) in [6.45, 7) is 1.84. The minimum Gasteiger partial charge on any atom is -0.322 e. The Balaban J connectivity index is 1.79. The van der Waals surface area contributed by atoms with Crippen LogP contribution in [0.25, 0.3) is 0 Å². The normalized spacial score (nSPS) is 11.6. The number of amides is 1. The molecule has 0 aliphatic rings. The Bertz CT molecular complexity index is 1430. The minimum atomic E-state index is -3.80. The summed E-state index contributed by atoms with van der Waals surface area (Å²) in [7, 11) is -7.58. The number of benzene rings is 3. The Morgan fingerprint density at radius 3 is 1.97 bits per heavy atom. The van der Waals surface area contributed by atoms with Crippen LogP contribution in [0.15, 0.2) is 76.5 Å². The number of non-ortho nitro benzene ring substituents is 1. The predicted octanol–water partition coefficient (Wildman–Crippen LogP) is 3.36. The molecule has 1 amide bonds. The molecule has 0 saturated heterocycles. The van der Waals surface area contributed by atoms with Crippen LogP contribution in [-0.2, 0) is 19.9 Å². The van der Waals surface area contributed by atoms with Crippen molar-refractivity contribution in [3.63, 3.8) is 0 Å². The lowest BCUT2D eigenvalue weighted by Crippen LogP contribution is -2.14. The van der Waals surface area contributed by atoms with Gasteiger partial charge in [-0.3, -0.25) is 19.6 Å². The summed E-state index contributed by atoms with van der Waals surface area (Å²) in [5, 5.41) is 13.6. The third-order valence-corrected chi connectivity index (χ3v) is 7.01. The molecule has 3 aromatic carbocycles. The lowest BCUT2D eigenvalue weighted by molar-refractivity contribution is -0.385. The number of aryl methyl sites for hydroxylation is 1. The van der Waals surface area contributed by atoms with Crippen LogP contribution in [0.2, 0.25) is 0 Å². The van der Waals surface area contributed by atoms with Gasteiger partial charge in [0.05, 0.1) is 14.7 Å². The molecule has 0 aliphatic carbocycles. The van der Waals surface area contributed by atoms with Crippen LogP contribution in [0.5, 0.6) is 0 Å². The van der Waals surface area contributed by atoms with Crippen LogP contribution in [0.3, 0.4) is 0 Å². The van der Waals surface area contributed by atoms with E-state index in [0.717, 1.165) is 30.0 Å². The van der Waals surface area contributed by atoms with Gasteiger partial charge in [-0.25, -0.2) is 16.8 Å². The fourth-order valence-electron chi connectivity index (χ4n) is 2.79. The quantitative estimate of drug-likeness (QED) is 0.381. The molecule has 0 radical (unpaired) electrons. The van der Waals surface area contributed by atoms with Gasteiger partial charge in [0, 0.05) is 35.3 Å². The molecule has 3 aromatic rings. The second-order valence-electron chi connectivity index (χ2n) is 7.19. The summed E-state index contributed by atoms with van der Waals surface area (Å²) in [5.74, 6) is -0.767. The van der Waals surface area contributed by atoms with E-state index in [2.05, 4.69) is 10.0 Å².